The zero-order chi connectivity index (χ0) is 15.6. The maximum Gasteiger partial charge on any atom is 0.332 e. The number of nitrogens with zero attached hydrogens (tertiary/aromatic N) is 1. The van der Waals surface area contributed by atoms with Gasteiger partial charge in [-0.3, -0.25) is 9.78 Å². The zero-order valence-corrected chi connectivity index (χ0v) is 12.0. The number of aliphatic hydroxyl groups excluding tert-OH is 2. The van der Waals surface area contributed by atoms with Gasteiger partial charge in [0.1, 0.15) is 6.10 Å². The molecule has 0 aliphatic carbocycles. The molecule has 1 aliphatic heterocycles. The molecule has 0 bridgehead atoms. The summed E-state index contributed by atoms with van der Waals surface area (Å²) in [6.07, 6.45) is 0.196. The standard InChI is InChI=1S/C13H20N2O6/c1-3-4-20-13(5-9(17)10(7-16)21-13)15-6-8(2)11(18)14-12(15)19/h6,9-10,16-17H,3-5,7H2,1-2H3,(H,14,18,19)/t9-,10+,13+/m0/s1. The molecule has 8 heteroatoms. The van der Waals surface area contributed by atoms with Crippen LogP contribution in [0.5, 0.6) is 0 Å². The number of aromatic amines is 1. The predicted octanol–water partition coefficient (Wildman–Crippen LogP) is -0.976. The summed E-state index contributed by atoms with van der Waals surface area (Å²) in [5, 5.41) is 19.2. The summed E-state index contributed by atoms with van der Waals surface area (Å²) in [7, 11) is 0. The molecule has 21 heavy (non-hydrogen) atoms. The van der Waals surface area contributed by atoms with Gasteiger partial charge in [0.25, 0.3) is 11.5 Å². The Hall–Kier alpha value is -1.48. The number of ether oxygens (including phenoxy) is 2. The molecule has 0 aromatic carbocycles. The Kier molecular flexibility index (Phi) is 4.62. The van der Waals surface area contributed by atoms with Gasteiger partial charge in [-0.05, 0) is 13.3 Å². The van der Waals surface area contributed by atoms with E-state index >= 15 is 0 Å². The fourth-order valence-corrected chi connectivity index (χ4v) is 2.32. The molecule has 3 N–H and O–H groups in total. The van der Waals surface area contributed by atoms with Crippen LogP contribution in [0.4, 0.5) is 0 Å². The van der Waals surface area contributed by atoms with Crippen LogP contribution in [-0.4, -0.2) is 45.2 Å². The lowest BCUT2D eigenvalue weighted by molar-refractivity contribution is -0.288. The topological polar surface area (TPSA) is 114 Å². The van der Waals surface area contributed by atoms with Crippen LogP contribution in [0.2, 0.25) is 0 Å². The summed E-state index contributed by atoms with van der Waals surface area (Å²) in [6.45, 7) is 3.35. The highest BCUT2D eigenvalue weighted by molar-refractivity contribution is 5.03. The highest BCUT2D eigenvalue weighted by Crippen LogP contribution is 2.35. The van der Waals surface area contributed by atoms with Crippen molar-refractivity contribution in [1.29, 1.82) is 0 Å². The number of aliphatic hydroxyl groups is 2. The van der Waals surface area contributed by atoms with Crippen LogP contribution >= 0.6 is 0 Å². The predicted molar refractivity (Wildman–Crippen MR) is 72.9 cm³/mol. The van der Waals surface area contributed by atoms with E-state index in [0.717, 1.165) is 4.57 Å². The van der Waals surface area contributed by atoms with Crippen LogP contribution in [0, 0.1) is 6.92 Å². The molecule has 1 aliphatic rings. The Morgan fingerprint density at radius 3 is 2.86 bits per heavy atom. The number of H-pyrrole nitrogens is 1. The Bertz CT molecular complexity index is 609. The molecule has 3 atom stereocenters. The van der Waals surface area contributed by atoms with E-state index in [0.29, 0.717) is 18.6 Å². The second-order valence-corrected chi connectivity index (χ2v) is 5.11. The first-order valence-electron chi connectivity index (χ1n) is 6.87. The second kappa shape index (κ2) is 6.10. The van der Waals surface area contributed by atoms with Crippen molar-refractivity contribution in [2.45, 2.75) is 44.8 Å². The van der Waals surface area contributed by atoms with Gasteiger partial charge < -0.3 is 19.7 Å². The third-order valence-electron chi connectivity index (χ3n) is 3.43. The van der Waals surface area contributed by atoms with Crippen LogP contribution < -0.4 is 11.2 Å². The molecule has 118 valence electrons. The van der Waals surface area contributed by atoms with Gasteiger partial charge in [-0.25, -0.2) is 9.36 Å². The minimum atomic E-state index is -1.52. The number of aryl methyl sites for hydroxylation is 1. The monoisotopic (exact) mass is 300 g/mol. The van der Waals surface area contributed by atoms with Crippen LogP contribution in [0.25, 0.3) is 0 Å². The number of hydrogen-bond donors (Lipinski definition) is 3. The molecule has 1 aromatic heterocycles. The van der Waals surface area contributed by atoms with E-state index in [-0.39, 0.29) is 6.42 Å². The van der Waals surface area contributed by atoms with Gasteiger partial charge in [0, 0.05) is 11.8 Å². The van der Waals surface area contributed by atoms with Gasteiger partial charge in [-0.2, -0.15) is 0 Å². The third kappa shape index (κ3) is 2.93. The Morgan fingerprint density at radius 1 is 1.57 bits per heavy atom. The van der Waals surface area contributed by atoms with E-state index in [1.807, 2.05) is 6.92 Å². The highest BCUT2D eigenvalue weighted by Gasteiger charge is 2.49. The van der Waals surface area contributed by atoms with Crippen molar-refractivity contribution in [3.8, 4) is 0 Å². The Labute approximate surface area is 120 Å². The van der Waals surface area contributed by atoms with Crippen molar-refractivity contribution < 1.29 is 19.7 Å². The van der Waals surface area contributed by atoms with Crippen LogP contribution in [-0.2, 0) is 15.4 Å². The lowest BCUT2D eigenvalue weighted by atomic mass is 10.1. The number of rotatable bonds is 5. The molecule has 0 amide bonds. The number of hydrogen-bond acceptors (Lipinski definition) is 6. The Morgan fingerprint density at radius 2 is 2.29 bits per heavy atom. The lowest BCUT2D eigenvalue weighted by Gasteiger charge is -2.30. The SMILES string of the molecule is CCCO[C@]1(n2cc(C)c(=O)[nH]c2=O)C[C@H](O)[C@@H](CO)O1. The Balaban J connectivity index is 2.49. The average molecular weight is 300 g/mol. The van der Waals surface area contributed by atoms with Gasteiger partial charge in [0.15, 0.2) is 0 Å². The third-order valence-corrected chi connectivity index (χ3v) is 3.43. The van der Waals surface area contributed by atoms with Crippen molar-refractivity contribution in [2.24, 2.45) is 0 Å². The lowest BCUT2D eigenvalue weighted by Crippen LogP contribution is -2.47. The largest absolute Gasteiger partial charge is 0.394 e. The normalized spacial score (nSPS) is 29.0. The molecule has 0 saturated carbocycles. The van der Waals surface area contributed by atoms with E-state index in [9.17, 15) is 19.8 Å². The van der Waals surface area contributed by atoms with Gasteiger partial charge in [-0.1, -0.05) is 6.92 Å². The fraction of sp³-hybridized carbons (Fsp3) is 0.692. The molecule has 1 saturated heterocycles. The average Bonchev–Trinajstić information content (AvgIpc) is 2.78. The number of nitrogens with one attached hydrogen (secondary N) is 1. The van der Waals surface area contributed by atoms with Gasteiger partial charge >= 0.3 is 5.69 Å². The molecule has 8 nitrogen and oxygen atoms in total. The molecule has 2 heterocycles. The molecule has 0 spiro atoms. The van der Waals surface area contributed by atoms with Gasteiger partial charge in [-0.15, -0.1) is 0 Å². The molecule has 2 rings (SSSR count). The van der Waals surface area contributed by atoms with Crippen molar-refractivity contribution >= 4 is 0 Å². The second-order valence-electron chi connectivity index (χ2n) is 5.11. The molecular formula is C13H20N2O6. The van der Waals surface area contributed by atoms with E-state index < -0.39 is 36.0 Å². The summed E-state index contributed by atoms with van der Waals surface area (Å²) in [5.74, 6) is -1.52. The van der Waals surface area contributed by atoms with Gasteiger partial charge in [0.2, 0.25) is 0 Å². The van der Waals surface area contributed by atoms with E-state index in [1.54, 1.807) is 6.92 Å². The van der Waals surface area contributed by atoms with Crippen LogP contribution in [0.1, 0.15) is 25.3 Å². The van der Waals surface area contributed by atoms with Crippen molar-refractivity contribution in [3.05, 3.63) is 32.6 Å². The maximum atomic E-state index is 12.1. The fourth-order valence-electron chi connectivity index (χ4n) is 2.32. The summed E-state index contributed by atoms with van der Waals surface area (Å²) < 4.78 is 12.4. The summed E-state index contributed by atoms with van der Waals surface area (Å²) in [5.41, 5.74) is -0.855. The van der Waals surface area contributed by atoms with E-state index in [4.69, 9.17) is 9.47 Å². The number of aromatic nitrogens is 2. The van der Waals surface area contributed by atoms with Gasteiger partial charge in [0.05, 0.1) is 25.7 Å². The highest BCUT2D eigenvalue weighted by atomic mass is 16.7. The summed E-state index contributed by atoms with van der Waals surface area (Å²) >= 11 is 0. The molecule has 1 aromatic rings. The summed E-state index contributed by atoms with van der Waals surface area (Å²) in [4.78, 5) is 25.7. The molecule has 0 radical (unpaired) electrons. The molecular weight excluding hydrogens is 280 g/mol. The maximum absolute atomic E-state index is 12.1. The van der Waals surface area contributed by atoms with Crippen molar-refractivity contribution in [1.82, 2.24) is 9.55 Å². The minimum Gasteiger partial charge on any atom is -0.394 e. The van der Waals surface area contributed by atoms with E-state index in [2.05, 4.69) is 4.98 Å². The quantitative estimate of drug-likeness (QED) is 0.644. The molecule has 0 unspecified atom stereocenters. The van der Waals surface area contributed by atoms with E-state index in [1.165, 1.54) is 6.20 Å². The van der Waals surface area contributed by atoms with Crippen molar-refractivity contribution in [3.63, 3.8) is 0 Å². The van der Waals surface area contributed by atoms with Crippen LogP contribution in [0.3, 0.4) is 0 Å². The minimum absolute atomic E-state index is 0.0103. The van der Waals surface area contributed by atoms with Crippen molar-refractivity contribution in [2.75, 3.05) is 13.2 Å². The first kappa shape index (κ1) is 15.9. The first-order chi connectivity index (χ1) is 9.93. The van der Waals surface area contributed by atoms with Crippen LogP contribution in [0.15, 0.2) is 15.8 Å². The first-order valence-corrected chi connectivity index (χ1v) is 6.87. The zero-order valence-electron chi connectivity index (χ0n) is 12.0. The summed E-state index contributed by atoms with van der Waals surface area (Å²) in [6, 6.07) is 0. The molecule has 1 fully saturated rings. The smallest absolute Gasteiger partial charge is 0.332 e.